The van der Waals surface area contributed by atoms with E-state index >= 15 is 0 Å². The van der Waals surface area contributed by atoms with Crippen molar-refractivity contribution < 1.29 is 9.90 Å². The van der Waals surface area contributed by atoms with Crippen molar-refractivity contribution in [3.8, 4) is 0 Å². The zero-order valence-electron chi connectivity index (χ0n) is 20.0. The molecule has 0 saturated carbocycles. The number of hydrogen-bond donors (Lipinski definition) is 2. The van der Waals surface area contributed by atoms with Gasteiger partial charge in [-0.2, -0.15) is 0 Å². The van der Waals surface area contributed by atoms with E-state index in [-0.39, 0.29) is 30.6 Å². The van der Waals surface area contributed by atoms with Gasteiger partial charge in [0.2, 0.25) is 5.91 Å². The maximum atomic E-state index is 12.7. The summed E-state index contributed by atoms with van der Waals surface area (Å²) in [5.41, 5.74) is 0. The maximum absolute atomic E-state index is 12.7. The summed E-state index contributed by atoms with van der Waals surface area (Å²) >= 11 is 0. The SMILES string of the molecule is CCNC(=NCC(CCO)CC(C)C)N1CCN(CC(=O)N2CCCCCC2)CC1.I. The van der Waals surface area contributed by atoms with Gasteiger partial charge < -0.3 is 20.2 Å². The molecule has 2 fully saturated rings. The van der Waals surface area contributed by atoms with Gasteiger partial charge in [0.25, 0.3) is 0 Å². The molecule has 2 N–H and O–H groups in total. The molecule has 0 spiro atoms. The number of piperazine rings is 1. The van der Waals surface area contributed by atoms with Crippen LogP contribution in [0.3, 0.4) is 0 Å². The van der Waals surface area contributed by atoms with Crippen LogP contribution in [0, 0.1) is 11.8 Å². The first kappa shape index (κ1) is 28.4. The van der Waals surface area contributed by atoms with Crippen molar-refractivity contribution in [2.75, 3.05) is 65.5 Å². The number of likely N-dealkylation sites (tertiary alicyclic amines) is 1. The van der Waals surface area contributed by atoms with Gasteiger partial charge in [-0.3, -0.25) is 14.7 Å². The van der Waals surface area contributed by atoms with E-state index in [2.05, 4.69) is 40.8 Å². The number of halogens is 1. The predicted molar refractivity (Wildman–Crippen MR) is 139 cm³/mol. The standard InChI is InChI=1S/C23H45N5O2.HI/c1-4-24-23(25-18-21(9-16-29)17-20(2)3)28-14-12-26(13-15-28)19-22(30)27-10-7-5-6-8-11-27;/h20-21,29H,4-19H2,1-3H3,(H,24,25);1H. The highest BCUT2D eigenvalue weighted by molar-refractivity contribution is 14.0. The summed E-state index contributed by atoms with van der Waals surface area (Å²) in [6, 6.07) is 0. The highest BCUT2D eigenvalue weighted by Gasteiger charge is 2.24. The van der Waals surface area contributed by atoms with Crippen LogP contribution < -0.4 is 5.32 Å². The second kappa shape index (κ2) is 16.1. The molecule has 2 rings (SSSR count). The van der Waals surface area contributed by atoms with Gasteiger partial charge in [0.05, 0.1) is 6.54 Å². The van der Waals surface area contributed by atoms with Crippen molar-refractivity contribution in [1.82, 2.24) is 20.0 Å². The number of carbonyl (C=O) groups excluding carboxylic acids is 1. The normalized spacial score (nSPS) is 19.7. The van der Waals surface area contributed by atoms with Gasteiger partial charge in [-0.25, -0.2) is 0 Å². The third-order valence-electron chi connectivity index (χ3n) is 6.17. The Bertz CT molecular complexity index is 516. The van der Waals surface area contributed by atoms with Crippen LogP contribution in [0.15, 0.2) is 4.99 Å². The minimum Gasteiger partial charge on any atom is -0.396 e. The molecule has 2 aliphatic rings. The molecule has 0 aromatic rings. The molecule has 182 valence electrons. The maximum Gasteiger partial charge on any atom is 0.236 e. The van der Waals surface area contributed by atoms with Crippen molar-refractivity contribution in [3.63, 3.8) is 0 Å². The highest BCUT2D eigenvalue weighted by Crippen LogP contribution is 2.16. The monoisotopic (exact) mass is 551 g/mol. The first-order valence-corrected chi connectivity index (χ1v) is 12.2. The molecule has 2 aliphatic heterocycles. The van der Waals surface area contributed by atoms with Crippen LogP contribution in [-0.4, -0.2) is 97.2 Å². The number of amides is 1. The van der Waals surface area contributed by atoms with Crippen LogP contribution in [-0.2, 0) is 4.79 Å². The van der Waals surface area contributed by atoms with Gasteiger partial charge in [0, 0.05) is 59.0 Å². The molecule has 1 unspecified atom stereocenters. The molecule has 0 aromatic heterocycles. The Morgan fingerprint density at radius 1 is 1.00 bits per heavy atom. The van der Waals surface area contributed by atoms with E-state index in [1.807, 2.05) is 0 Å². The Morgan fingerprint density at radius 3 is 2.19 bits per heavy atom. The van der Waals surface area contributed by atoms with Crippen molar-refractivity contribution >= 4 is 35.8 Å². The van der Waals surface area contributed by atoms with Gasteiger partial charge >= 0.3 is 0 Å². The first-order chi connectivity index (χ1) is 14.5. The number of aliphatic hydroxyl groups is 1. The number of nitrogens with zero attached hydrogens (tertiary/aromatic N) is 4. The van der Waals surface area contributed by atoms with E-state index in [1.54, 1.807) is 0 Å². The molecular formula is C23H46IN5O2. The second-order valence-corrected chi connectivity index (χ2v) is 9.26. The number of aliphatic imine (C=N–C) groups is 1. The number of rotatable bonds is 9. The van der Waals surface area contributed by atoms with E-state index < -0.39 is 0 Å². The second-order valence-electron chi connectivity index (χ2n) is 9.26. The topological polar surface area (TPSA) is 71.4 Å². The summed E-state index contributed by atoms with van der Waals surface area (Å²) in [5, 5.41) is 12.8. The Hall–Kier alpha value is -0.610. The molecule has 31 heavy (non-hydrogen) atoms. The van der Waals surface area contributed by atoms with Crippen molar-refractivity contribution in [2.45, 2.75) is 59.3 Å². The summed E-state index contributed by atoms with van der Waals surface area (Å²) in [4.78, 5) is 24.3. The van der Waals surface area contributed by atoms with Gasteiger partial charge in [-0.15, -0.1) is 24.0 Å². The number of hydrogen-bond acceptors (Lipinski definition) is 4. The fourth-order valence-corrected chi connectivity index (χ4v) is 4.50. The Labute approximate surface area is 207 Å². The Kier molecular flexibility index (Phi) is 14.7. The molecule has 2 heterocycles. The smallest absolute Gasteiger partial charge is 0.236 e. The van der Waals surface area contributed by atoms with Crippen molar-refractivity contribution in [1.29, 1.82) is 0 Å². The molecule has 1 atom stereocenters. The van der Waals surface area contributed by atoms with Crippen LogP contribution >= 0.6 is 24.0 Å². The largest absolute Gasteiger partial charge is 0.396 e. The van der Waals surface area contributed by atoms with Gasteiger partial charge in [0.15, 0.2) is 5.96 Å². The third kappa shape index (κ3) is 10.7. The fraction of sp³-hybridized carbons (Fsp3) is 0.913. The van der Waals surface area contributed by atoms with E-state index in [4.69, 9.17) is 4.99 Å². The Balaban J connectivity index is 0.00000480. The fourth-order valence-electron chi connectivity index (χ4n) is 4.50. The zero-order valence-corrected chi connectivity index (χ0v) is 22.4. The average Bonchev–Trinajstić information content (AvgIpc) is 3.01. The lowest BCUT2D eigenvalue weighted by Gasteiger charge is -2.37. The third-order valence-corrected chi connectivity index (χ3v) is 6.17. The highest BCUT2D eigenvalue weighted by atomic mass is 127. The van der Waals surface area contributed by atoms with Crippen LogP contribution in [0.2, 0.25) is 0 Å². The molecule has 0 aromatic carbocycles. The minimum atomic E-state index is 0. The van der Waals surface area contributed by atoms with Gasteiger partial charge in [0.1, 0.15) is 0 Å². The van der Waals surface area contributed by atoms with E-state index in [0.29, 0.717) is 24.3 Å². The zero-order chi connectivity index (χ0) is 21.8. The number of guanidine groups is 1. The molecule has 8 heteroatoms. The van der Waals surface area contributed by atoms with E-state index in [9.17, 15) is 9.90 Å². The quantitative estimate of drug-likeness (QED) is 0.262. The molecule has 7 nitrogen and oxygen atoms in total. The molecular weight excluding hydrogens is 505 g/mol. The lowest BCUT2D eigenvalue weighted by molar-refractivity contribution is -0.132. The minimum absolute atomic E-state index is 0. The molecule has 0 aliphatic carbocycles. The summed E-state index contributed by atoms with van der Waals surface area (Å²) in [6.07, 6.45) is 6.71. The van der Waals surface area contributed by atoms with Crippen LogP contribution in [0.5, 0.6) is 0 Å². The number of aliphatic hydroxyl groups excluding tert-OH is 1. The van der Waals surface area contributed by atoms with Gasteiger partial charge in [-0.1, -0.05) is 26.7 Å². The average molecular weight is 552 g/mol. The van der Waals surface area contributed by atoms with Crippen molar-refractivity contribution in [2.24, 2.45) is 16.8 Å². The first-order valence-electron chi connectivity index (χ1n) is 12.2. The summed E-state index contributed by atoms with van der Waals surface area (Å²) < 4.78 is 0. The summed E-state index contributed by atoms with van der Waals surface area (Å²) in [6.45, 7) is 14.4. The van der Waals surface area contributed by atoms with Gasteiger partial charge in [-0.05, 0) is 44.4 Å². The summed E-state index contributed by atoms with van der Waals surface area (Å²) in [7, 11) is 0. The Morgan fingerprint density at radius 2 is 1.65 bits per heavy atom. The van der Waals surface area contributed by atoms with Crippen molar-refractivity contribution in [3.05, 3.63) is 0 Å². The number of carbonyl (C=O) groups is 1. The van der Waals surface area contributed by atoms with E-state index in [0.717, 1.165) is 84.0 Å². The lowest BCUT2D eigenvalue weighted by atomic mass is 9.94. The van der Waals surface area contributed by atoms with Crippen LogP contribution in [0.4, 0.5) is 0 Å². The summed E-state index contributed by atoms with van der Waals surface area (Å²) in [5.74, 6) is 2.31. The predicted octanol–water partition coefficient (Wildman–Crippen LogP) is 2.63. The van der Waals surface area contributed by atoms with E-state index in [1.165, 1.54) is 12.8 Å². The van der Waals surface area contributed by atoms with Crippen LogP contribution in [0.25, 0.3) is 0 Å². The van der Waals surface area contributed by atoms with Crippen LogP contribution in [0.1, 0.15) is 59.3 Å². The lowest BCUT2D eigenvalue weighted by Crippen LogP contribution is -2.54. The molecule has 1 amide bonds. The number of nitrogens with one attached hydrogen (secondary N) is 1. The molecule has 2 saturated heterocycles. The molecule has 0 radical (unpaired) electrons. The molecule has 0 bridgehead atoms.